The van der Waals surface area contributed by atoms with Crippen LogP contribution in [0.4, 0.5) is 0 Å². The van der Waals surface area contributed by atoms with E-state index in [-0.39, 0.29) is 5.56 Å². The van der Waals surface area contributed by atoms with Crippen molar-refractivity contribution in [3.05, 3.63) is 39.9 Å². The zero-order chi connectivity index (χ0) is 14.8. The molecule has 0 bridgehead atoms. The van der Waals surface area contributed by atoms with E-state index in [1.54, 1.807) is 29.1 Å². The molecule has 0 N–H and O–H groups in total. The van der Waals surface area contributed by atoms with Gasteiger partial charge in [-0.3, -0.25) is 4.79 Å². The average molecular weight is 325 g/mol. The van der Waals surface area contributed by atoms with Crippen molar-refractivity contribution in [1.82, 2.24) is 9.55 Å². The van der Waals surface area contributed by atoms with Crippen molar-refractivity contribution in [2.24, 2.45) is 0 Å². The lowest BCUT2D eigenvalue weighted by atomic mass is 10.3. The van der Waals surface area contributed by atoms with Crippen LogP contribution in [-0.4, -0.2) is 22.8 Å². The second kappa shape index (κ2) is 5.99. The van der Waals surface area contributed by atoms with E-state index in [1.807, 2.05) is 6.92 Å². The largest absolute Gasteiger partial charge is 0.486 e. The van der Waals surface area contributed by atoms with Crippen molar-refractivity contribution < 1.29 is 9.47 Å². The molecule has 0 radical (unpaired) electrons. The molecule has 0 saturated heterocycles. The summed E-state index contributed by atoms with van der Waals surface area (Å²) in [7, 11) is 0. The van der Waals surface area contributed by atoms with Crippen LogP contribution in [0.2, 0.25) is 5.02 Å². The van der Waals surface area contributed by atoms with Gasteiger partial charge in [0.25, 0.3) is 5.56 Å². The topological polar surface area (TPSA) is 53.4 Å². The summed E-state index contributed by atoms with van der Waals surface area (Å²) in [6.07, 6.45) is 3.27. The van der Waals surface area contributed by atoms with Crippen molar-refractivity contribution >= 4 is 23.4 Å². The smallest absolute Gasteiger partial charge is 0.283 e. The van der Waals surface area contributed by atoms with E-state index in [9.17, 15) is 4.79 Å². The van der Waals surface area contributed by atoms with Crippen LogP contribution in [0, 0.1) is 0 Å². The lowest BCUT2D eigenvalue weighted by molar-refractivity contribution is 0.171. The Balaban J connectivity index is 1.97. The molecule has 110 valence electrons. The van der Waals surface area contributed by atoms with Gasteiger partial charge in [-0.1, -0.05) is 23.4 Å². The monoisotopic (exact) mass is 324 g/mol. The highest BCUT2D eigenvalue weighted by Crippen LogP contribution is 2.40. The summed E-state index contributed by atoms with van der Waals surface area (Å²) in [5.74, 6) is 1.27. The predicted octanol–water partition coefficient (Wildman–Crippen LogP) is 2.84. The molecule has 5 nitrogen and oxygen atoms in total. The molecule has 0 aliphatic carbocycles. The van der Waals surface area contributed by atoms with Gasteiger partial charge in [0.1, 0.15) is 13.2 Å². The second-order valence-electron chi connectivity index (χ2n) is 4.35. The van der Waals surface area contributed by atoms with Gasteiger partial charge < -0.3 is 14.0 Å². The zero-order valence-electron chi connectivity index (χ0n) is 11.3. The van der Waals surface area contributed by atoms with Gasteiger partial charge in [-0.25, -0.2) is 4.98 Å². The first-order valence-electron chi connectivity index (χ1n) is 6.51. The van der Waals surface area contributed by atoms with E-state index >= 15 is 0 Å². The van der Waals surface area contributed by atoms with E-state index in [0.29, 0.717) is 41.3 Å². The molecule has 21 heavy (non-hydrogen) atoms. The van der Waals surface area contributed by atoms with Crippen molar-refractivity contribution in [1.29, 1.82) is 0 Å². The number of benzene rings is 1. The molecule has 2 aromatic rings. The van der Waals surface area contributed by atoms with Gasteiger partial charge in [0.15, 0.2) is 16.5 Å². The molecule has 0 spiro atoms. The molecule has 2 heterocycles. The Bertz CT molecular complexity index is 733. The van der Waals surface area contributed by atoms with Crippen molar-refractivity contribution in [3.63, 3.8) is 0 Å². The third kappa shape index (κ3) is 2.87. The number of aryl methyl sites for hydroxylation is 1. The Morgan fingerprint density at radius 3 is 2.76 bits per heavy atom. The van der Waals surface area contributed by atoms with Gasteiger partial charge in [-0.05, 0) is 13.0 Å². The number of rotatable bonds is 3. The standard InChI is InChI=1S/C14H13ClN2O3S/c1-2-17-4-3-16-13(14(17)18)21-12-8-11-10(7-9(12)15)19-5-6-20-11/h3-4,7-8H,2,5-6H2,1H3. The van der Waals surface area contributed by atoms with Crippen LogP contribution < -0.4 is 15.0 Å². The molecule has 1 aliphatic heterocycles. The van der Waals surface area contributed by atoms with Gasteiger partial charge in [-0.15, -0.1) is 0 Å². The number of hydrogen-bond acceptors (Lipinski definition) is 5. The van der Waals surface area contributed by atoms with Gasteiger partial charge in [0, 0.05) is 29.9 Å². The maximum Gasteiger partial charge on any atom is 0.283 e. The molecule has 0 fully saturated rings. The van der Waals surface area contributed by atoms with Crippen LogP contribution in [-0.2, 0) is 6.54 Å². The zero-order valence-corrected chi connectivity index (χ0v) is 12.9. The summed E-state index contributed by atoms with van der Waals surface area (Å²) in [4.78, 5) is 17.0. The van der Waals surface area contributed by atoms with E-state index in [2.05, 4.69) is 4.98 Å². The first kappa shape index (κ1) is 14.3. The van der Waals surface area contributed by atoms with Crippen LogP contribution in [0.1, 0.15) is 6.92 Å². The fraction of sp³-hybridized carbons (Fsp3) is 0.286. The van der Waals surface area contributed by atoms with Crippen molar-refractivity contribution in [2.75, 3.05) is 13.2 Å². The Morgan fingerprint density at radius 2 is 2.05 bits per heavy atom. The summed E-state index contributed by atoms with van der Waals surface area (Å²) in [5, 5.41) is 0.898. The molecule has 1 aromatic heterocycles. The minimum Gasteiger partial charge on any atom is -0.486 e. The Labute approximate surface area is 130 Å². The molecular formula is C14H13ClN2O3S. The molecule has 7 heteroatoms. The van der Waals surface area contributed by atoms with Crippen molar-refractivity contribution in [3.8, 4) is 11.5 Å². The van der Waals surface area contributed by atoms with Crippen LogP contribution >= 0.6 is 23.4 Å². The van der Waals surface area contributed by atoms with E-state index in [1.165, 1.54) is 11.8 Å². The lowest BCUT2D eigenvalue weighted by Crippen LogP contribution is -2.21. The highest BCUT2D eigenvalue weighted by atomic mass is 35.5. The van der Waals surface area contributed by atoms with Gasteiger partial charge in [0.2, 0.25) is 0 Å². The second-order valence-corrected chi connectivity index (χ2v) is 5.79. The fourth-order valence-electron chi connectivity index (χ4n) is 1.97. The van der Waals surface area contributed by atoms with Crippen LogP contribution in [0.25, 0.3) is 0 Å². The van der Waals surface area contributed by atoms with Crippen molar-refractivity contribution in [2.45, 2.75) is 23.4 Å². The van der Waals surface area contributed by atoms with Gasteiger partial charge >= 0.3 is 0 Å². The summed E-state index contributed by atoms with van der Waals surface area (Å²) in [6, 6.07) is 3.49. The number of ether oxygens (including phenoxy) is 2. The predicted molar refractivity (Wildman–Crippen MR) is 80.7 cm³/mol. The van der Waals surface area contributed by atoms with E-state index < -0.39 is 0 Å². The average Bonchev–Trinajstić information content (AvgIpc) is 2.50. The molecular weight excluding hydrogens is 312 g/mol. The van der Waals surface area contributed by atoms with Gasteiger partial charge in [0.05, 0.1) is 5.02 Å². The Kier molecular flexibility index (Phi) is 4.07. The van der Waals surface area contributed by atoms with E-state index in [0.717, 1.165) is 4.90 Å². The maximum atomic E-state index is 12.2. The molecule has 1 aliphatic rings. The number of aromatic nitrogens is 2. The highest BCUT2D eigenvalue weighted by Gasteiger charge is 2.17. The normalized spacial score (nSPS) is 13.2. The lowest BCUT2D eigenvalue weighted by Gasteiger charge is -2.19. The van der Waals surface area contributed by atoms with Crippen LogP contribution in [0.3, 0.4) is 0 Å². The molecule has 0 amide bonds. The summed E-state index contributed by atoms with van der Waals surface area (Å²) >= 11 is 7.48. The number of nitrogens with zero attached hydrogens (tertiary/aromatic N) is 2. The molecule has 0 atom stereocenters. The highest BCUT2D eigenvalue weighted by molar-refractivity contribution is 7.99. The SMILES string of the molecule is CCn1ccnc(Sc2cc3c(cc2Cl)OCCO3)c1=O. The first-order valence-corrected chi connectivity index (χ1v) is 7.71. The first-order chi connectivity index (χ1) is 10.2. The minimum absolute atomic E-state index is 0.129. The maximum absolute atomic E-state index is 12.2. The molecule has 0 saturated carbocycles. The summed E-state index contributed by atoms with van der Waals surface area (Å²) in [6.45, 7) is 3.53. The Hall–Kier alpha value is -1.66. The fourth-order valence-corrected chi connectivity index (χ4v) is 3.09. The third-order valence-corrected chi connectivity index (χ3v) is 4.48. The number of halogens is 1. The summed E-state index contributed by atoms with van der Waals surface area (Å²) in [5.41, 5.74) is -0.129. The third-order valence-electron chi connectivity index (χ3n) is 3.03. The molecule has 1 aromatic carbocycles. The molecule has 3 rings (SSSR count). The van der Waals surface area contributed by atoms with Crippen LogP contribution in [0.15, 0.2) is 39.2 Å². The number of fused-ring (bicyclic) bond motifs is 1. The van der Waals surface area contributed by atoms with Gasteiger partial charge in [-0.2, -0.15) is 0 Å². The van der Waals surface area contributed by atoms with E-state index in [4.69, 9.17) is 21.1 Å². The van der Waals surface area contributed by atoms with Crippen LogP contribution in [0.5, 0.6) is 11.5 Å². The molecule has 0 unspecified atom stereocenters. The summed E-state index contributed by atoms with van der Waals surface area (Å²) < 4.78 is 12.6. The minimum atomic E-state index is -0.129. The Morgan fingerprint density at radius 1 is 1.33 bits per heavy atom. The quantitative estimate of drug-likeness (QED) is 0.869. The number of hydrogen-bond donors (Lipinski definition) is 0.